The molecule has 0 N–H and O–H groups in total. The Hall–Kier alpha value is -2.13. The molecule has 33 heavy (non-hydrogen) atoms. The van der Waals surface area contributed by atoms with Crippen LogP contribution < -0.4 is 4.90 Å². The maximum absolute atomic E-state index is 14.2. The summed E-state index contributed by atoms with van der Waals surface area (Å²) in [5.41, 5.74) is 3.21. The first-order valence-corrected chi connectivity index (χ1v) is 11.6. The summed E-state index contributed by atoms with van der Waals surface area (Å²) in [5.74, 6) is -1.45. The van der Waals surface area contributed by atoms with Crippen LogP contribution in [0.1, 0.15) is 23.1 Å². The summed E-state index contributed by atoms with van der Waals surface area (Å²) in [4.78, 5) is 21.7. The summed E-state index contributed by atoms with van der Waals surface area (Å²) in [6.45, 7) is 8.48. The van der Waals surface area contributed by atoms with Gasteiger partial charge in [-0.2, -0.15) is 0 Å². The van der Waals surface area contributed by atoms with Crippen LogP contribution in [-0.4, -0.2) is 55.2 Å². The Morgan fingerprint density at radius 1 is 1.18 bits per heavy atom. The van der Waals surface area contributed by atoms with Gasteiger partial charge in [0.2, 0.25) is 5.91 Å². The van der Waals surface area contributed by atoms with Crippen LogP contribution in [-0.2, 0) is 16.0 Å². The van der Waals surface area contributed by atoms with Gasteiger partial charge in [-0.1, -0.05) is 35.1 Å². The number of morpholine rings is 1. The van der Waals surface area contributed by atoms with Gasteiger partial charge in [0.1, 0.15) is 11.3 Å². The van der Waals surface area contributed by atoms with Crippen molar-refractivity contribution < 1.29 is 18.3 Å². The smallest absolute Gasteiger partial charge is 0.233 e. The summed E-state index contributed by atoms with van der Waals surface area (Å²) in [6.07, 6.45) is 0.989. The number of hydrogen-bond donors (Lipinski definition) is 0. The zero-order valence-electron chi connectivity index (χ0n) is 18.8. The van der Waals surface area contributed by atoms with E-state index in [2.05, 4.69) is 9.88 Å². The number of amides is 1. The van der Waals surface area contributed by atoms with E-state index in [9.17, 15) is 13.6 Å². The van der Waals surface area contributed by atoms with Crippen molar-refractivity contribution in [2.75, 3.05) is 44.3 Å². The molecule has 3 aromatic rings. The van der Waals surface area contributed by atoms with Gasteiger partial charge in [0, 0.05) is 32.2 Å². The molecule has 5 nitrogen and oxygen atoms in total. The third-order valence-corrected chi connectivity index (χ3v) is 6.77. The van der Waals surface area contributed by atoms with Crippen LogP contribution in [0.3, 0.4) is 0 Å². The fourth-order valence-corrected chi connectivity index (χ4v) is 4.96. The molecule has 0 spiro atoms. The lowest BCUT2D eigenvalue weighted by Gasteiger charge is -2.27. The number of ether oxygens (including phenoxy) is 1. The van der Waals surface area contributed by atoms with E-state index in [1.54, 1.807) is 4.90 Å². The number of fused-ring (bicyclic) bond motifs is 1. The average molecular weight is 496 g/mol. The molecule has 1 aromatic heterocycles. The fraction of sp³-hybridized carbons (Fsp3) is 0.417. The first-order chi connectivity index (χ1) is 15.4. The fourth-order valence-electron chi connectivity index (χ4n) is 3.91. The standard InChI is InChI=1S/C24H27F2N3O2S.ClH/c1-16-4-5-17(2)18(12-16)13-22(30)29(7-3-6-28-8-10-31-11-9-28)24-27-23-20(26)14-19(25)15-21(23)32-24;/h4-5,12,14-15H,3,6-11,13H2,1-2H3;1H. The van der Waals surface area contributed by atoms with Gasteiger partial charge in [0.25, 0.3) is 0 Å². The lowest BCUT2D eigenvalue weighted by atomic mass is 10.0. The molecule has 1 saturated heterocycles. The molecule has 0 atom stereocenters. The predicted octanol–water partition coefficient (Wildman–Crippen LogP) is 4.91. The van der Waals surface area contributed by atoms with E-state index in [0.717, 1.165) is 73.4 Å². The lowest BCUT2D eigenvalue weighted by molar-refractivity contribution is -0.118. The minimum Gasteiger partial charge on any atom is -0.379 e. The van der Waals surface area contributed by atoms with Crippen LogP contribution >= 0.6 is 23.7 Å². The minimum atomic E-state index is -0.710. The first kappa shape index (κ1) is 25.5. The van der Waals surface area contributed by atoms with E-state index >= 15 is 0 Å². The molecule has 0 saturated carbocycles. The highest BCUT2D eigenvalue weighted by molar-refractivity contribution is 7.22. The van der Waals surface area contributed by atoms with E-state index in [1.807, 2.05) is 32.0 Å². The van der Waals surface area contributed by atoms with Crippen molar-refractivity contribution in [1.29, 1.82) is 0 Å². The van der Waals surface area contributed by atoms with Crippen molar-refractivity contribution >= 4 is 45.0 Å². The normalized spacial score (nSPS) is 14.3. The molecule has 0 radical (unpaired) electrons. The predicted molar refractivity (Wildman–Crippen MR) is 131 cm³/mol. The summed E-state index contributed by atoms with van der Waals surface area (Å²) < 4.78 is 33.7. The van der Waals surface area contributed by atoms with Gasteiger partial charge in [-0.25, -0.2) is 13.8 Å². The van der Waals surface area contributed by atoms with Gasteiger partial charge < -0.3 is 4.74 Å². The maximum atomic E-state index is 14.2. The molecule has 178 valence electrons. The second-order valence-corrected chi connectivity index (χ2v) is 9.20. The second kappa shape index (κ2) is 11.3. The van der Waals surface area contributed by atoms with Crippen LogP contribution in [0.5, 0.6) is 0 Å². The SMILES string of the molecule is Cc1ccc(C)c(CC(=O)N(CCCN2CCOCC2)c2nc3c(F)cc(F)cc3s2)c1.Cl. The van der Waals surface area contributed by atoms with Crippen molar-refractivity contribution in [3.05, 3.63) is 58.7 Å². The molecule has 4 rings (SSSR count). The average Bonchev–Trinajstić information content (AvgIpc) is 3.18. The zero-order valence-corrected chi connectivity index (χ0v) is 20.4. The van der Waals surface area contributed by atoms with Crippen molar-refractivity contribution in [3.8, 4) is 0 Å². The lowest BCUT2D eigenvalue weighted by Crippen LogP contribution is -2.39. The van der Waals surface area contributed by atoms with Crippen LogP contribution in [0.2, 0.25) is 0 Å². The molecule has 1 aliphatic heterocycles. The molecule has 1 aliphatic rings. The van der Waals surface area contributed by atoms with Gasteiger partial charge in [-0.05, 0) is 37.5 Å². The van der Waals surface area contributed by atoms with Gasteiger partial charge in [-0.3, -0.25) is 14.6 Å². The number of thiazole rings is 1. The maximum Gasteiger partial charge on any atom is 0.233 e. The number of carbonyl (C=O) groups is 1. The quantitative estimate of drug-likeness (QED) is 0.467. The van der Waals surface area contributed by atoms with E-state index < -0.39 is 11.6 Å². The third-order valence-electron chi connectivity index (χ3n) is 5.74. The van der Waals surface area contributed by atoms with Gasteiger partial charge in [0.15, 0.2) is 10.9 Å². The summed E-state index contributed by atoms with van der Waals surface area (Å²) in [5, 5.41) is 0.404. The van der Waals surface area contributed by atoms with E-state index in [-0.39, 0.29) is 30.3 Å². The van der Waals surface area contributed by atoms with Crippen LogP contribution in [0.15, 0.2) is 30.3 Å². The summed E-state index contributed by atoms with van der Waals surface area (Å²) in [6, 6.07) is 8.14. The number of hydrogen-bond acceptors (Lipinski definition) is 5. The Bertz CT molecular complexity index is 1120. The number of carbonyl (C=O) groups excluding carboxylic acids is 1. The van der Waals surface area contributed by atoms with Crippen molar-refractivity contribution in [3.63, 3.8) is 0 Å². The van der Waals surface area contributed by atoms with Gasteiger partial charge >= 0.3 is 0 Å². The van der Waals surface area contributed by atoms with E-state index in [0.29, 0.717) is 16.4 Å². The number of anilines is 1. The van der Waals surface area contributed by atoms with E-state index in [1.165, 1.54) is 6.07 Å². The number of rotatable bonds is 7. The molecule has 9 heteroatoms. The highest BCUT2D eigenvalue weighted by Crippen LogP contribution is 2.32. The number of halogens is 3. The van der Waals surface area contributed by atoms with Crippen LogP contribution in [0.4, 0.5) is 13.9 Å². The largest absolute Gasteiger partial charge is 0.379 e. The van der Waals surface area contributed by atoms with Crippen molar-refractivity contribution in [2.24, 2.45) is 0 Å². The summed E-state index contributed by atoms with van der Waals surface area (Å²) >= 11 is 1.15. The van der Waals surface area contributed by atoms with Gasteiger partial charge in [0.05, 0.1) is 24.3 Å². The molecule has 2 heterocycles. The molecule has 1 fully saturated rings. The van der Waals surface area contributed by atoms with Crippen LogP contribution in [0.25, 0.3) is 10.2 Å². The Morgan fingerprint density at radius 2 is 1.94 bits per heavy atom. The highest BCUT2D eigenvalue weighted by atomic mass is 35.5. The highest BCUT2D eigenvalue weighted by Gasteiger charge is 2.22. The molecule has 0 aliphatic carbocycles. The third kappa shape index (κ3) is 6.26. The Kier molecular flexibility index (Phi) is 8.75. The molecule has 0 bridgehead atoms. The number of aromatic nitrogens is 1. The number of benzene rings is 2. The van der Waals surface area contributed by atoms with Crippen LogP contribution in [0, 0.1) is 25.5 Å². The second-order valence-electron chi connectivity index (χ2n) is 8.19. The molecular formula is C24H28ClF2N3O2S. The molecule has 2 aromatic carbocycles. The van der Waals surface area contributed by atoms with Crippen molar-refractivity contribution in [2.45, 2.75) is 26.7 Å². The molecular weight excluding hydrogens is 468 g/mol. The molecule has 1 amide bonds. The van der Waals surface area contributed by atoms with E-state index in [4.69, 9.17) is 4.74 Å². The first-order valence-electron chi connectivity index (χ1n) is 10.8. The minimum absolute atomic E-state index is 0. The topological polar surface area (TPSA) is 45.7 Å². The molecule has 0 unspecified atom stereocenters. The van der Waals surface area contributed by atoms with Gasteiger partial charge in [-0.15, -0.1) is 12.4 Å². The number of aryl methyl sites for hydroxylation is 2. The monoisotopic (exact) mass is 495 g/mol. The Balaban J connectivity index is 0.00000306. The Labute approximate surface area is 202 Å². The number of nitrogens with zero attached hydrogens (tertiary/aromatic N) is 3. The summed E-state index contributed by atoms with van der Waals surface area (Å²) in [7, 11) is 0. The van der Waals surface area contributed by atoms with Crippen molar-refractivity contribution in [1.82, 2.24) is 9.88 Å². The zero-order chi connectivity index (χ0) is 22.7. The Morgan fingerprint density at radius 3 is 2.70 bits per heavy atom.